The van der Waals surface area contributed by atoms with Crippen molar-refractivity contribution in [2.45, 2.75) is 33.2 Å². The van der Waals surface area contributed by atoms with Crippen molar-refractivity contribution in [2.24, 2.45) is 0 Å². The van der Waals surface area contributed by atoms with Gasteiger partial charge in [0.1, 0.15) is 0 Å². The molecule has 1 aliphatic heterocycles. The summed E-state index contributed by atoms with van der Waals surface area (Å²) in [6, 6.07) is 8.24. The zero-order valence-corrected chi connectivity index (χ0v) is 11.9. The fourth-order valence-electron chi connectivity index (χ4n) is 2.80. The Morgan fingerprint density at radius 2 is 2.05 bits per heavy atom. The highest BCUT2D eigenvalue weighted by atomic mass is 16.2. The molecule has 0 unspecified atom stereocenters. The minimum absolute atomic E-state index is 0.0955. The number of benzene rings is 1. The number of para-hydroxylation sites is 1. The third kappa shape index (κ3) is 2.20. The van der Waals surface area contributed by atoms with Gasteiger partial charge in [0.25, 0.3) is 0 Å². The second kappa shape index (κ2) is 5.08. The maximum atomic E-state index is 12.0. The molecule has 0 saturated heterocycles. The number of carbonyl (C=O) groups is 1. The van der Waals surface area contributed by atoms with Crippen LogP contribution in [0.5, 0.6) is 0 Å². The van der Waals surface area contributed by atoms with Crippen LogP contribution in [0.2, 0.25) is 0 Å². The Balaban J connectivity index is 1.93. The molecule has 1 N–H and O–H groups in total. The van der Waals surface area contributed by atoms with Gasteiger partial charge in [-0.25, -0.2) is 4.79 Å². The topological polar surface area (TPSA) is 35.9 Å². The molecule has 2 heterocycles. The van der Waals surface area contributed by atoms with Crippen molar-refractivity contribution < 1.29 is 9.37 Å². The van der Waals surface area contributed by atoms with Crippen molar-refractivity contribution >= 4 is 23.0 Å². The molecule has 1 aromatic carbocycles. The average Bonchev–Trinajstić information content (AvgIpc) is 2.92. The maximum absolute atomic E-state index is 12.0. The molecule has 0 aliphatic carbocycles. The Labute approximate surface area is 118 Å². The van der Waals surface area contributed by atoms with E-state index in [2.05, 4.69) is 31.0 Å². The van der Waals surface area contributed by atoms with Crippen LogP contribution in [0.25, 0.3) is 10.9 Å². The molecule has 0 fully saturated rings. The molecule has 0 radical (unpaired) electrons. The zero-order chi connectivity index (χ0) is 14.1. The molecule has 3 nitrogen and oxygen atoms in total. The van der Waals surface area contributed by atoms with Crippen LogP contribution in [0.4, 0.5) is 0 Å². The molecule has 1 aliphatic rings. The fraction of sp³-hybridized carbons (Fsp3) is 0.294. The van der Waals surface area contributed by atoms with Gasteiger partial charge in [-0.15, -0.1) is 0 Å². The van der Waals surface area contributed by atoms with Crippen LogP contribution in [0, 0.1) is 6.92 Å². The third-order valence-corrected chi connectivity index (χ3v) is 3.81. The van der Waals surface area contributed by atoms with Gasteiger partial charge in [-0.05, 0) is 19.4 Å². The summed E-state index contributed by atoms with van der Waals surface area (Å²) in [4.78, 5) is 15.4. The van der Waals surface area contributed by atoms with E-state index in [1.807, 2.05) is 22.9 Å². The lowest BCUT2D eigenvalue weighted by Crippen LogP contribution is -2.15. The second-order valence-corrected chi connectivity index (χ2v) is 5.34. The van der Waals surface area contributed by atoms with E-state index in [1.165, 1.54) is 10.9 Å². The number of hydrogen-bond donors (Lipinski definition) is 1. The SMILES string of the molecule is CCCC1=CC(=O)[N+](Cc2c(C)[nH]c3ccccc23)=C1. The lowest BCUT2D eigenvalue weighted by atomic mass is 10.1. The smallest absolute Gasteiger partial charge is 0.358 e. The molecule has 1 aromatic heterocycles. The summed E-state index contributed by atoms with van der Waals surface area (Å²) in [5.41, 5.74) is 4.61. The van der Waals surface area contributed by atoms with E-state index in [0.29, 0.717) is 6.54 Å². The van der Waals surface area contributed by atoms with Gasteiger partial charge >= 0.3 is 5.91 Å². The Morgan fingerprint density at radius 1 is 1.25 bits per heavy atom. The number of carbonyl (C=O) groups excluding carboxylic acids is 1. The van der Waals surface area contributed by atoms with E-state index in [0.717, 1.165) is 29.6 Å². The number of amides is 1. The highest BCUT2D eigenvalue weighted by molar-refractivity contribution is 5.97. The van der Waals surface area contributed by atoms with Crippen LogP contribution < -0.4 is 0 Å². The average molecular weight is 267 g/mol. The molecular weight excluding hydrogens is 248 g/mol. The molecule has 0 saturated carbocycles. The van der Waals surface area contributed by atoms with Crippen molar-refractivity contribution in [3.63, 3.8) is 0 Å². The molecule has 102 valence electrons. The number of aryl methyl sites for hydroxylation is 1. The summed E-state index contributed by atoms with van der Waals surface area (Å²) in [6.07, 6.45) is 5.78. The highest BCUT2D eigenvalue weighted by Crippen LogP contribution is 2.23. The molecule has 3 rings (SSSR count). The van der Waals surface area contributed by atoms with E-state index in [-0.39, 0.29) is 5.91 Å². The van der Waals surface area contributed by atoms with Crippen LogP contribution >= 0.6 is 0 Å². The number of hydrogen-bond acceptors (Lipinski definition) is 1. The largest absolute Gasteiger partial charge is 0.412 e. The van der Waals surface area contributed by atoms with E-state index in [4.69, 9.17) is 0 Å². The van der Waals surface area contributed by atoms with Gasteiger partial charge in [0.05, 0.1) is 6.08 Å². The van der Waals surface area contributed by atoms with Crippen LogP contribution in [0.15, 0.2) is 35.9 Å². The zero-order valence-electron chi connectivity index (χ0n) is 11.9. The van der Waals surface area contributed by atoms with Crippen molar-refractivity contribution in [1.29, 1.82) is 0 Å². The first kappa shape index (κ1) is 12.9. The number of aromatic nitrogens is 1. The van der Waals surface area contributed by atoms with Gasteiger partial charge in [0.15, 0.2) is 12.8 Å². The van der Waals surface area contributed by atoms with Gasteiger partial charge in [-0.3, -0.25) is 0 Å². The first-order valence-electron chi connectivity index (χ1n) is 7.11. The monoisotopic (exact) mass is 267 g/mol. The van der Waals surface area contributed by atoms with Crippen LogP contribution in [-0.2, 0) is 11.3 Å². The first-order valence-corrected chi connectivity index (χ1v) is 7.11. The maximum Gasteiger partial charge on any atom is 0.412 e. The quantitative estimate of drug-likeness (QED) is 0.847. The fourth-order valence-corrected chi connectivity index (χ4v) is 2.80. The van der Waals surface area contributed by atoms with Gasteiger partial charge in [0.2, 0.25) is 0 Å². The number of aromatic amines is 1. The Bertz CT molecular complexity index is 735. The van der Waals surface area contributed by atoms with Crippen molar-refractivity contribution in [3.8, 4) is 0 Å². The van der Waals surface area contributed by atoms with Crippen molar-refractivity contribution in [1.82, 2.24) is 4.98 Å². The molecule has 0 atom stereocenters. The Kier molecular flexibility index (Phi) is 3.26. The summed E-state index contributed by atoms with van der Waals surface area (Å²) in [6.45, 7) is 4.83. The van der Waals surface area contributed by atoms with Crippen LogP contribution in [-0.4, -0.2) is 21.7 Å². The lowest BCUT2D eigenvalue weighted by Gasteiger charge is -1.97. The summed E-state index contributed by atoms with van der Waals surface area (Å²) in [5, 5.41) is 1.20. The predicted octanol–water partition coefficient (Wildman–Crippen LogP) is 3.33. The first-order chi connectivity index (χ1) is 9.69. The number of nitrogens with one attached hydrogen (secondary N) is 1. The molecule has 3 heteroatoms. The van der Waals surface area contributed by atoms with Crippen LogP contribution in [0.3, 0.4) is 0 Å². The Hall–Kier alpha value is -2.16. The lowest BCUT2D eigenvalue weighted by molar-refractivity contribution is -0.452. The number of rotatable bonds is 4. The summed E-state index contributed by atoms with van der Waals surface area (Å²) in [5.74, 6) is 0.0955. The molecule has 20 heavy (non-hydrogen) atoms. The van der Waals surface area contributed by atoms with E-state index in [1.54, 1.807) is 6.08 Å². The number of fused-ring (bicyclic) bond motifs is 1. The van der Waals surface area contributed by atoms with Gasteiger partial charge in [-0.1, -0.05) is 31.5 Å². The number of H-pyrrole nitrogens is 1. The molecule has 0 bridgehead atoms. The predicted molar refractivity (Wildman–Crippen MR) is 81.1 cm³/mol. The molecule has 0 spiro atoms. The normalized spacial score (nSPS) is 14.8. The second-order valence-electron chi connectivity index (χ2n) is 5.34. The Morgan fingerprint density at radius 3 is 2.85 bits per heavy atom. The van der Waals surface area contributed by atoms with Crippen molar-refractivity contribution in [2.75, 3.05) is 0 Å². The standard InChI is InChI=1S/C17H18N2O/c1-3-6-13-9-17(20)19(10-13)11-15-12(2)18-16-8-5-4-7-14(15)16/h4-5,7-10H,3,6,11H2,1-2H3/p+1. The summed E-state index contributed by atoms with van der Waals surface area (Å²) >= 11 is 0. The number of allylic oxidation sites excluding steroid dienone is 1. The number of nitrogens with zero attached hydrogens (tertiary/aromatic N) is 1. The third-order valence-electron chi connectivity index (χ3n) is 3.81. The summed E-state index contributed by atoms with van der Waals surface area (Å²) in [7, 11) is 0. The minimum Gasteiger partial charge on any atom is -0.358 e. The minimum atomic E-state index is 0.0955. The van der Waals surface area contributed by atoms with Gasteiger partial charge in [-0.2, -0.15) is 4.58 Å². The molecular formula is C17H19N2O+. The van der Waals surface area contributed by atoms with E-state index in [9.17, 15) is 4.79 Å². The molecule has 1 amide bonds. The van der Waals surface area contributed by atoms with Crippen molar-refractivity contribution in [3.05, 3.63) is 47.2 Å². The summed E-state index contributed by atoms with van der Waals surface area (Å²) < 4.78 is 1.81. The van der Waals surface area contributed by atoms with Gasteiger partial charge in [0, 0.05) is 27.7 Å². The molecule has 2 aromatic rings. The van der Waals surface area contributed by atoms with E-state index >= 15 is 0 Å². The van der Waals surface area contributed by atoms with Crippen LogP contribution in [0.1, 0.15) is 31.0 Å². The van der Waals surface area contributed by atoms with E-state index < -0.39 is 0 Å². The van der Waals surface area contributed by atoms with Gasteiger partial charge < -0.3 is 4.98 Å². The highest BCUT2D eigenvalue weighted by Gasteiger charge is 2.25.